The Kier molecular flexibility index (Phi) is 37.7. The lowest BCUT2D eigenvalue weighted by Gasteiger charge is -2.38. The molecule has 3 aliphatic heterocycles. The number of carboxylic acids is 1. The number of ether oxygens (including phenoxy) is 6. The Morgan fingerprint density at radius 2 is 0.791 bits per heavy atom. The summed E-state index contributed by atoms with van der Waals surface area (Å²) >= 11 is 0. The van der Waals surface area contributed by atoms with E-state index in [4.69, 9.17) is 28.8 Å². The summed E-state index contributed by atoms with van der Waals surface area (Å²) in [4.78, 5) is 119. The Morgan fingerprint density at radius 3 is 1.04 bits per heavy atom. The first-order chi connectivity index (χ1) is 42.4. The first kappa shape index (κ1) is 84.0. The van der Waals surface area contributed by atoms with Crippen LogP contribution in [0.1, 0.15) is 182 Å². The number of methoxy groups -OCH3 is 3. The normalized spacial score (nSPS) is 21.0. The molecule has 0 saturated carbocycles. The summed E-state index contributed by atoms with van der Waals surface area (Å²) in [5.74, 6) is -3.46. The summed E-state index contributed by atoms with van der Waals surface area (Å²) < 4.78 is 30.7. The maximum atomic E-state index is 13.8. The van der Waals surface area contributed by atoms with Crippen LogP contribution in [-0.4, -0.2) is 196 Å². The fourth-order valence-corrected chi connectivity index (χ4v) is 10.5. The van der Waals surface area contributed by atoms with Crippen LogP contribution in [0.15, 0.2) is 74.4 Å². The average Bonchev–Trinajstić information content (AvgIpc) is 1.76. The molecule has 3 aliphatic rings. The van der Waals surface area contributed by atoms with E-state index < -0.39 is 83.2 Å². The van der Waals surface area contributed by atoms with Gasteiger partial charge in [0.1, 0.15) is 53.1 Å². The molecule has 0 radical (unpaired) electrons. The van der Waals surface area contributed by atoms with E-state index in [0.29, 0.717) is 51.7 Å². The molecule has 12 atom stereocenters. The van der Waals surface area contributed by atoms with Gasteiger partial charge < -0.3 is 43.3 Å². The molecule has 91 heavy (non-hydrogen) atoms. The highest BCUT2D eigenvalue weighted by Crippen LogP contribution is 2.33. The molecule has 22 nitrogen and oxygen atoms in total. The van der Waals surface area contributed by atoms with Gasteiger partial charge in [0.2, 0.25) is 11.8 Å². The third kappa shape index (κ3) is 27.4. The van der Waals surface area contributed by atoms with Crippen LogP contribution in [0.4, 0.5) is 14.4 Å². The zero-order chi connectivity index (χ0) is 70.3. The third-order valence-corrected chi connectivity index (χ3v) is 15.1. The molecule has 0 aromatic carbocycles. The number of carbonyl (C=O) groups excluding carboxylic acids is 8. The minimum absolute atomic E-state index is 0.208. The van der Waals surface area contributed by atoms with Crippen molar-refractivity contribution in [1.82, 2.24) is 29.8 Å². The molecule has 518 valence electrons. The highest BCUT2D eigenvalue weighted by molar-refractivity contribution is 5.92. The number of carbonyl (C=O) groups is 9. The highest BCUT2D eigenvalue weighted by atomic mass is 16.6. The van der Waals surface area contributed by atoms with E-state index in [-0.39, 0.29) is 59.7 Å². The Labute approximate surface area is 545 Å². The van der Waals surface area contributed by atoms with Crippen LogP contribution < -0.4 is 5.32 Å². The van der Waals surface area contributed by atoms with Crippen molar-refractivity contribution in [2.45, 2.75) is 254 Å². The fourth-order valence-electron chi connectivity index (χ4n) is 10.5. The quantitative estimate of drug-likeness (QED) is 0.0517. The van der Waals surface area contributed by atoms with Gasteiger partial charge in [-0.2, -0.15) is 0 Å². The van der Waals surface area contributed by atoms with Gasteiger partial charge in [-0.05, 0) is 141 Å². The largest absolute Gasteiger partial charge is 0.480 e. The molecule has 3 rings (SSSR count). The molecule has 0 bridgehead atoms. The second-order valence-corrected chi connectivity index (χ2v) is 25.5. The molecule has 5 amide bonds. The van der Waals surface area contributed by atoms with E-state index in [0.717, 1.165) is 25.7 Å². The van der Waals surface area contributed by atoms with Crippen molar-refractivity contribution in [1.29, 1.82) is 0 Å². The smallest absolute Gasteiger partial charge is 0.411 e. The predicted molar refractivity (Wildman–Crippen MR) is 355 cm³/mol. The van der Waals surface area contributed by atoms with E-state index in [1.54, 1.807) is 104 Å². The molecule has 3 heterocycles. The van der Waals surface area contributed by atoms with E-state index in [1.807, 2.05) is 58.9 Å². The molecule has 0 spiro atoms. The lowest BCUT2D eigenvalue weighted by Crippen LogP contribution is -2.57. The second kappa shape index (κ2) is 40.8. The van der Waals surface area contributed by atoms with Crippen LogP contribution >= 0.6 is 0 Å². The van der Waals surface area contributed by atoms with Crippen molar-refractivity contribution in [3.63, 3.8) is 0 Å². The Bertz CT molecular complexity index is 2350. The first-order valence-electron chi connectivity index (χ1n) is 32.2. The molecular weight excluding hydrogens is 1170 g/mol. The van der Waals surface area contributed by atoms with Gasteiger partial charge in [-0.1, -0.05) is 96.2 Å². The standard InChI is InChI=1S/2C23H38N2O5.C12H19NO4.C11H21NO2/c2*1-9-12-13-18(11-3)25(16(4)21(27)29-8)20(26)19-17(10-2)14-15-24(19)22(28)30-23(5,6)7;1-5-8-6-7-13(9(8)10(14)15)11(16)17-12(2,3)4;1-5-7-8-10(6-2)12-9(3)11(13)14-4/h2*10,12-13,16-19H,2,9,11,14-15H2,1,3-8H3;5,8-9H,1,6-7H2,2-4H3,(H,14,15);7-10,12H,5-6H2,1-4H3/b;;;8-7+/t16-,17+,18?,19+;16-,17-,18?,19-;8-,9-;9-,10?/m0000/s1. The van der Waals surface area contributed by atoms with Crippen LogP contribution in [0.5, 0.6) is 0 Å². The number of rotatable bonds is 24. The van der Waals surface area contributed by atoms with Gasteiger partial charge in [-0.3, -0.25) is 34.4 Å². The highest BCUT2D eigenvalue weighted by Gasteiger charge is 2.49. The number of hydrogen-bond acceptors (Lipinski definition) is 16. The van der Waals surface area contributed by atoms with Gasteiger partial charge in [0.25, 0.3) is 0 Å². The molecule has 2 N–H and O–H groups in total. The van der Waals surface area contributed by atoms with Gasteiger partial charge >= 0.3 is 42.2 Å². The van der Waals surface area contributed by atoms with Crippen molar-refractivity contribution < 1.29 is 76.7 Å². The minimum atomic E-state index is -1.02. The van der Waals surface area contributed by atoms with Crippen molar-refractivity contribution in [2.75, 3.05) is 41.0 Å². The predicted octanol–water partition coefficient (Wildman–Crippen LogP) is 11.6. The number of allylic oxidation sites excluding steroid dienone is 3. The first-order valence-corrected chi connectivity index (χ1v) is 32.2. The van der Waals surface area contributed by atoms with Crippen LogP contribution in [0, 0.1) is 17.8 Å². The third-order valence-electron chi connectivity index (χ3n) is 15.1. The number of likely N-dealkylation sites (tertiary alicyclic amines) is 3. The summed E-state index contributed by atoms with van der Waals surface area (Å²) in [5, 5.41) is 12.3. The topological polar surface area (TPSA) is 257 Å². The molecule has 0 aliphatic carbocycles. The van der Waals surface area contributed by atoms with Gasteiger partial charge in [0.05, 0.1) is 33.4 Å². The number of nitrogens with zero attached hydrogens (tertiary/aromatic N) is 5. The van der Waals surface area contributed by atoms with Crippen molar-refractivity contribution in [3.8, 4) is 0 Å². The van der Waals surface area contributed by atoms with Crippen LogP contribution in [-0.2, 0) is 57.2 Å². The number of esters is 3. The van der Waals surface area contributed by atoms with E-state index in [2.05, 4.69) is 55.8 Å². The van der Waals surface area contributed by atoms with Gasteiger partial charge in [0, 0.05) is 43.4 Å². The number of aliphatic carboxylic acids is 1. The zero-order valence-electron chi connectivity index (χ0n) is 59.0. The maximum Gasteiger partial charge on any atom is 0.411 e. The Hall–Kier alpha value is -6.97. The number of hydrogen-bond donors (Lipinski definition) is 2. The van der Waals surface area contributed by atoms with Crippen molar-refractivity contribution in [2.24, 2.45) is 17.8 Å². The molecular formula is C69H116N6O16. The van der Waals surface area contributed by atoms with Gasteiger partial charge in [0.15, 0.2) is 0 Å². The molecule has 22 heteroatoms. The summed E-state index contributed by atoms with van der Waals surface area (Å²) in [6.07, 6.45) is 22.1. The lowest BCUT2D eigenvalue weighted by atomic mass is 9.97. The lowest BCUT2D eigenvalue weighted by molar-refractivity contribution is -0.155. The van der Waals surface area contributed by atoms with E-state index >= 15 is 0 Å². The molecule has 3 saturated heterocycles. The van der Waals surface area contributed by atoms with E-state index in [9.17, 15) is 43.2 Å². The second-order valence-electron chi connectivity index (χ2n) is 25.5. The van der Waals surface area contributed by atoms with Gasteiger partial charge in [-0.15, -0.1) is 19.7 Å². The number of amides is 5. The van der Waals surface area contributed by atoms with Crippen LogP contribution in [0.3, 0.4) is 0 Å². The summed E-state index contributed by atoms with van der Waals surface area (Å²) in [5.41, 5.74) is -1.97. The monoisotopic (exact) mass is 1280 g/mol. The minimum Gasteiger partial charge on any atom is -0.480 e. The number of nitrogens with one attached hydrogen (secondary N) is 1. The average molecular weight is 1290 g/mol. The maximum absolute atomic E-state index is 13.8. The molecule has 3 unspecified atom stereocenters. The molecule has 3 fully saturated rings. The molecule has 0 aromatic heterocycles. The van der Waals surface area contributed by atoms with E-state index in [1.165, 1.54) is 36.0 Å². The Morgan fingerprint density at radius 1 is 0.495 bits per heavy atom. The van der Waals surface area contributed by atoms with Crippen molar-refractivity contribution in [3.05, 3.63) is 74.4 Å². The SMILES string of the molecule is C=C[C@@H]1CCN(C(=O)OC(C)(C)C)[C@H]1C(=O)N(C(C=CCC)CC)[C@@H](C)C(=O)OC.C=C[C@H]1CCN(C(=O)OC(C)(C)C)[C@@H]1C(=O)N(C(C=CCC)CC)[C@@H](C)C(=O)OC.C=C[C@H]1CCN(C(=O)OC(C)(C)C)[C@@H]1C(=O)O.CC/C=C/C(CC)N[C@@H](C)C(=O)OC. The summed E-state index contributed by atoms with van der Waals surface area (Å²) in [7, 11) is 4.02. The fraction of sp³-hybridized carbons (Fsp3) is 0.696. The Balaban J connectivity index is 0.00000124. The summed E-state index contributed by atoms with van der Waals surface area (Å²) in [6, 6.07) is -4.56. The zero-order valence-corrected chi connectivity index (χ0v) is 59.0. The van der Waals surface area contributed by atoms with Crippen molar-refractivity contribution >= 4 is 54.0 Å². The summed E-state index contributed by atoms with van der Waals surface area (Å²) in [6.45, 7) is 45.7. The van der Waals surface area contributed by atoms with Crippen LogP contribution in [0.2, 0.25) is 0 Å². The molecule has 0 aromatic rings. The van der Waals surface area contributed by atoms with Gasteiger partial charge in [-0.25, -0.2) is 28.8 Å². The van der Waals surface area contributed by atoms with Crippen LogP contribution in [0.25, 0.3) is 0 Å². The number of carboxylic acid groups (broad SMARTS) is 1.